The number of benzene rings is 1. The van der Waals surface area contributed by atoms with Crippen molar-refractivity contribution < 1.29 is 9.78 Å². The van der Waals surface area contributed by atoms with Gasteiger partial charge in [-0.05, 0) is 46.9 Å². The zero-order chi connectivity index (χ0) is 11.5. The summed E-state index contributed by atoms with van der Waals surface area (Å²) in [6, 6.07) is 7.61. The van der Waals surface area contributed by atoms with Crippen LogP contribution in [0, 0.1) is 0 Å². The third-order valence-corrected chi connectivity index (χ3v) is 2.03. The number of halogens is 1. The highest BCUT2D eigenvalue weighted by Gasteiger charge is 2.14. The highest BCUT2D eigenvalue weighted by Crippen LogP contribution is 2.25. The molecule has 1 aromatic carbocycles. The average Bonchev–Trinajstić information content (AvgIpc) is 2.14. The van der Waals surface area contributed by atoms with Crippen molar-refractivity contribution in [2.45, 2.75) is 26.2 Å². The minimum atomic E-state index is -0.156. The van der Waals surface area contributed by atoms with Crippen molar-refractivity contribution in [2.24, 2.45) is 0 Å². The maximum absolute atomic E-state index is 5.34. The molecule has 0 aliphatic rings. The van der Waals surface area contributed by atoms with Gasteiger partial charge in [0.25, 0.3) is 0 Å². The lowest BCUT2D eigenvalue weighted by atomic mass is 9.87. The average molecular weight is 245 g/mol. The summed E-state index contributed by atoms with van der Waals surface area (Å²) in [7, 11) is 0. The van der Waals surface area contributed by atoms with Gasteiger partial charge >= 0.3 is 4.51 Å². The molecular weight excluding hydrogens is 232 g/mol. The van der Waals surface area contributed by atoms with Crippen molar-refractivity contribution in [2.75, 3.05) is 0 Å². The molecule has 0 amide bonds. The standard InChI is InChI=1S/C11H13ClO2S/c1-11(2,3)8-5-4-6-9(7-8)13-14-10(12)15/h4-7H,1-3H3. The Morgan fingerprint density at radius 1 is 1.33 bits per heavy atom. The normalized spacial score (nSPS) is 10.9. The molecule has 0 radical (unpaired) electrons. The van der Waals surface area contributed by atoms with Gasteiger partial charge in [0.1, 0.15) is 0 Å². The van der Waals surface area contributed by atoms with Crippen molar-refractivity contribution in [3.8, 4) is 5.75 Å². The number of rotatable bonds is 2. The van der Waals surface area contributed by atoms with Crippen LogP contribution in [-0.2, 0) is 10.3 Å². The SMILES string of the molecule is CC(C)(C)c1cccc(OOC(=S)Cl)c1. The summed E-state index contributed by atoms with van der Waals surface area (Å²) in [5, 5.41) is 0. The van der Waals surface area contributed by atoms with Crippen LogP contribution in [-0.4, -0.2) is 4.51 Å². The molecule has 82 valence electrons. The fourth-order valence-electron chi connectivity index (χ4n) is 1.10. The second-order valence-corrected chi connectivity index (χ2v) is 5.12. The lowest BCUT2D eigenvalue weighted by Crippen LogP contribution is -2.11. The maximum atomic E-state index is 5.34. The molecular formula is C11H13ClO2S. The summed E-state index contributed by atoms with van der Waals surface area (Å²) in [5.74, 6) is 0.588. The minimum absolute atomic E-state index is 0.0703. The first-order chi connectivity index (χ1) is 6.89. The van der Waals surface area contributed by atoms with Gasteiger partial charge in [-0.2, -0.15) is 0 Å². The molecule has 0 unspecified atom stereocenters. The van der Waals surface area contributed by atoms with Gasteiger partial charge in [0.2, 0.25) is 0 Å². The Bertz CT molecular complexity index is 358. The van der Waals surface area contributed by atoms with Gasteiger partial charge < -0.3 is 0 Å². The number of thiocarbonyl (C=S) groups is 1. The van der Waals surface area contributed by atoms with E-state index in [1.54, 1.807) is 6.07 Å². The zero-order valence-corrected chi connectivity index (χ0v) is 10.5. The Hall–Kier alpha value is -0.800. The molecule has 0 N–H and O–H groups in total. The first-order valence-electron chi connectivity index (χ1n) is 4.54. The van der Waals surface area contributed by atoms with Crippen molar-refractivity contribution >= 4 is 28.3 Å². The van der Waals surface area contributed by atoms with E-state index in [1.807, 2.05) is 18.2 Å². The molecule has 0 spiro atoms. The maximum Gasteiger partial charge on any atom is 0.310 e. The fraction of sp³-hybridized carbons (Fsp3) is 0.364. The molecule has 15 heavy (non-hydrogen) atoms. The highest BCUT2D eigenvalue weighted by atomic mass is 35.5. The van der Waals surface area contributed by atoms with Crippen molar-refractivity contribution in [3.05, 3.63) is 29.8 Å². The predicted molar refractivity (Wildman–Crippen MR) is 65.3 cm³/mol. The molecule has 2 nitrogen and oxygen atoms in total. The molecule has 4 heteroatoms. The van der Waals surface area contributed by atoms with Crippen LogP contribution in [0.15, 0.2) is 24.3 Å². The Labute approximate surface area is 100 Å². The summed E-state index contributed by atoms with van der Waals surface area (Å²) in [5.41, 5.74) is 1.23. The molecule has 0 aliphatic heterocycles. The lowest BCUT2D eigenvalue weighted by Gasteiger charge is -2.19. The van der Waals surface area contributed by atoms with Crippen LogP contribution in [0.1, 0.15) is 26.3 Å². The molecule has 0 bridgehead atoms. The Balaban J connectivity index is 2.79. The van der Waals surface area contributed by atoms with E-state index in [-0.39, 0.29) is 9.92 Å². The fourth-order valence-corrected chi connectivity index (χ4v) is 1.16. The molecule has 1 aromatic rings. The van der Waals surface area contributed by atoms with Gasteiger partial charge in [0.05, 0.1) is 0 Å². The zero-order valence-electron chi connectivity index (χ0n) is 8.91. The van der Waals surface area contributed by atoms with Crippen LogP contribution in [0.25, 0.3) is 0 Å². The third-order valence-electron chi connectivity index (χ3n) is 1.90. The van der Waals surface area contributed by atoms with Crippen LogP contribution >= 0.6 is 23.8 Å². The molecule has 0 fully saturated rings. The van der Waals surface area contributed by atoms with E-state index in [0.29, 0.717) is 5.75 Å². The summed E-state index contributed by atoms with van der Waals surface area (Å²) in [4.78, 5) is 9.52. The monoisotopic (exact) mass is 244 g/mol. The van der Waals surface area contributed by atoms with Gasteiger partial charge in [0, 0.05) is 0 Å². The van der Waals surface area contributed by atoms with Crippen LogP contribution in [0.4, 0.5) is 0 Å². The first kappa shape index (κ1) is 12.3. The smallest absolute Gasteiger partial charge is 0.288 e. The van der Waals surface area contributed by atoms with E-state index in [4.69, 9.17) is 16.5 Å². The molecule has 0 saturated carbocycles. The Morgan fingerprint density at radius 2 is 2.00 bits per heavy atom. The first-order valence-corrected chi connectivity index (χ1v) is 5.33. The van der Waals surface area contributed by atoms with Crippen LogP contribution in [0.3, 0.4) is 0 Å². The lowest BCUT2D eigenvalue weighted by molar-refractivity contribution is -0.109. The molecule has 0 atom stereocenters. The van der Waals surface area contributed by atoms with Crippen LogP contribution in [0.5, 0.6) is 5.75 Å². The number of hydrogen-bond donors (Lipinski definition) is 0. The van der Waals surface area contributed by atoms with Crippen molar-refractivity contribution in [1.29, 1.82) is 0 Å². The summed E-state index contributed by atoms with van der Waals surface area (Å²) >= 11 is 9.86. The number of hydrogen-bond acceptors (Lipinski definition) is 3. The summed E-state index contributed by atoms with van der Waals surface area (Å²) < 4.78 is -0.156. The molecule has 0 aromatic heterocycles. The van der Waals surface area contributed by atoms with Gasteiger partial charge in [0.15, 0.2) is 5.75 Å². The van der Waals surface area contributed by atoms with Crippen molar-refractivity contribution in [1.82, 2.24) is 0 Å². The Morgan fingerprint density at radius 3 is 2.53 bits per heavy atom. The third kappa shape index (κ3) is 4.06. The van der Waals surface area contributed by atoms with Gasteiger partial charge in [-0.1, -0.05) is 32.9 Å². The van der Waals surface area contributed by atoms with E-state index in [9.17, 15) is 0 Å². The highest BCUT2D eigenvalue weighted by molar-refractivity contribution is 7.82. The molecule has 0 heterocycles. The van der Waals surface area contributed by atoms with E-state index in [0.717, 1.165) is 5.56 Å². The molecule has 0 saturated heterocycles. The van der Waals surface area contributed by atoms with E-state index in [1.165, 1.54) is 0 Å². The van der Waals surface area contributed by atoms with E-state index >= 15 is 0 Å². The molecule has 0 aliphatic carbocycles. The topological polar surface area (TPSA) is 18.5 Å². The van der Waals surface area contributed by atoms with E-state index < -0.39 is 0 Å². The second kappa shape index (κ2) is 4.81. The Kier molecular flexibility index (Phi) is 3.94. The second-order valence-electron chi connectivity index (χ2n) is 4.18. The van der Waals surface area contributed by atoms with Crippen LogP contribution in [0.2, 0.25) is 0 Å². The van der Waals surface area contributed by atoms with Crippen molar-refractivity contribution in [3.63, 3.8) is 0 Å². The largest absolute Gasteiger partial charge is 0.310 e. The summed E-state index contributed by atoms with van der Waals surface area (Å²) in [6.07, 6.45) is 0. The quantitative estimate of drug-likeness (QED) is 0.341. The molecule has 1 rings (SSSR count). The van der Waals surface area contributed by atoms with Crippen LogP contribution < -0.4 is 4.89 Å². The van der Waals surface area contributed by atoms with Gasteiger partial charge in [-0.25, -0.2) is 0 Å². The van der Waals surface area contributed by atoms with Gasteiger partial charge in [-0.15, -0.1) is 0 Å². The van der Waals surface area contributed by atoms with E-state index in [2.05, 4.69) is 37.9 Å². The minimum Gasteiger partial charge on any atom is -0.288 e. The predicted octanol–water partition coefficient (Wildman–Crippen LogP) is 3.82. The van der Waals surface area contributed by atoms with Gasteiger partial charge in [-0.3, -0.25) is 9.78 Å². The summed E-state index contributed by atoms with van der Waals surface area (Å²) in [6.45, 7) is 6.37.